The van der Waals surface area contributed by atoms with Crippen LogP contribution in [0, 0.1) is 0 Å². The van der Waals surface area contributed by atoms with Crippen LogP contribution in [-0.4, -0.2) is 33.7 Å². The lowest BCUT2D eigenvalue weighted by Crippen LogP contribution is -2.60. The van der Waals surface area contributed by atoms with Gasteiger partial charge in [-0.05, 0) is 12.8 Å². The predicted molar refractivity (Wildman–Crippen MR) is 60.9 cm³/mol. The highest BCUT2D eigenvalue weighted by molar-refractivity contribution is 5.82. The summed E-state index contributed by atoms with van der Waals surface area (Å²) in [6.45, 7) is 6.38. The Kier molecular flexibility index (Phi) is 4.26. The van der Waals surface area contributed by atoms with Crippen molar-refractivity contribution >= 4 is 11.9 Å². The Morgan fingerprint density at radius 1 is 0.944 bits per heavy atom. The molecule has 0 aromatic rings. The van der Waals surface area contributed by atoms with E-state index in [1.165, 1.54) is 0 Å². The van der Waals surface area contributed by atoms with Gasteiger partial charge in [0.15, 0.2) is 0 Å². The van der Waals surface area contributed by atoms with Crippen molar-refractivity contribution in [3.05, 3.63) is 25.3 Å². The maximum absolute atomic E-state index is 11.2. The van der Waals surface area contributed by atoms with Gasteiger partial charge in [-0.25, -0.2) is 9.59 Å². The van der Waals surface area contributed by atoms with E-state index in [1.807, 2.05) is 0 Å². The minimum atomic E-state index is -2.27. The fourth-order valence-corrected chi connectivity index (χ4v) is 1.80. The first-order valence-electron chi connectivity index (χ1n) is 5.52. The normalized spacial score (nSPS) is 31.2. The van der Waals surface area contributed by atoms with Crippen LogP contribution in [0.15, 0.2) is 25.3 Å². The number of esters is 2. The number of hydrogen-bond donors (Lipinski definition) is 2. The second-order valence-electron chi connectivity index (χ2n) is 4.03. The summed E-state index contributed by atoms with van der Waals surface area (Å²) in [4.78, 5) is 22.3. The van der Waals surface area contributed by atoms with Gasteiger partial charge in [0.2, 0.25) is 0 Å². The average molecular weight is 256 g/mol. The zero-order valence-electron chi connectivity index (χ0n) is 9.92. The molecule has 0 bridgehead atoms. The SMILES string of the molecule is C=CC(=O)OC1(O)CCCCC1(O)OC(=O)C=C. The van der Waals surface area contributed by atoms with Crippen LogP contribution in [0.3, 0.4) is 0 Å². The molecule has 0 amide bonds. The molecule has 6 heteroatoms. The molecule has 1 saturated carbocycles. The van der Waals surface area contributed by atoms with E-state index < -0.39 is 23.5 Å². The third kappa shape index (κ3) is 2.77. The summed E-state index contributed by atoms with van der Waals surface area (Å²) in [6.07, 6.45) is 2.68. The van der Waals surface area contributed by atoms with Gasteiger partial charge < -0.3 is 19.7 Å². The summed E-state index contributed by atoms with van der Waals surface area (Å²) in [5, 5.41) is 20.4. The van der Waals surface area contributed by atoms with Gasteiger partial charge in [-0.15, -0.1) is 0 Å². The maximum atomic E-state index is 11.2. The molecule has 2 atom stereocenters. The molecule has 0 heterocycles. The maximum Gasteiger partial charge on any atom is 0.332 e. The summed E-state index contributed by atoms with van der Waals surface area (Å²) < 4.78 is 9.45. The first-order valence-corrected chi connectivity index (χ1v) is 5.52. The average Bonchev–Trinajstić information content (AvgIpc) is 2.33. The van der Waals surface area contributed by atoms with Gasteiger partial charge in [0, 0.05) is 25.0 Å². The van der Waals surface area contributed by atoms with E-state index in [0.29, 0.717) is 12.8 Å². The molecule has 18 heavy (non-hydrogen) atoms. The molecule has 1 aliphatic carbocycles. The lowest BCUT2D eigenvalue weighted by Gasteiger charge is -2.43. The lowest BCUT2D eigenvalue weighted by molar-refractivity contribution is -0.371. The molecule has 1 aliphatic rings. The van der Waals surface area contributed by atoms with Crippen LogP contribution in [0.25, 0.3) is 0 Å². The molecule has 0 aliphatic heterocycles. The highest BCUT2D eigenvalue weighted by Gasteiger charge is 2.57. The van der Waals surface area contributed by atoms with Crippen LogP contribution in [0.2, 0.25) is 0 Å². The van der Waals surface area contributed by atoms with Crippen LogP contribution >= 0.6 is 0 Å². The zero-order valence-corrected chi connectivity index (χ0v) is 9.92. The van der Waals surface area contributed by atoms with Crippen molar-refractivity contribution in [3.8, 4) is 0 Å². The number of carbonyl (C=O) groups excluding carboxylic acids is 2. The van der Waals surface area contributed by atoms with E-state index in [0.717, 1.165) is 12.2 Å². The van der Waals surface area contributed by atoms with E-state index in [9.17, 15) is 19.8 Å². The molecule has 0 aromatic heterocycles. The van der Waals surface area contributed by atoms with E-state index >= 15 is 0 Å². The summed E-state index contributed by atoms with van der Waals surface area (Å²) in [7, 11) is 0. The highest BCUT2D eigenvalue weighted by Crippen LogP contribution is 2.39. The topological polar surface area (TPSA) is 93.1 Å². The number of carbonyl (C=O) groups is 2. The van der Waals surface area contributed by atoms with Gasteiger partial charge in [-0.3, -0.25) is 0 Å². The van der Waals surface area contributed by atoms with Crippen LogP contribution in [0.1, 0.15) is 25.7 Å². The Hall–Kier alpha value is -1.66. The Labute approximate surface area is 105 Å². The Morgan fingerprint density at radius 2 is 1.28 bits per heavy atom. The summed E-state index contributed by atoms with van der Waals surface area (Å²) >= 11 is 0. The van der Waals surface area contributed by atoms with Crippen LogP contribution in [0.4, 0.5) is 0 Å². The molecule has 2 N–H and O–H groups in total. The quantitative estimate of drug-likeness (QED) is 0.429. The molecule has 1 rings (SSSR count). The van der Waals surface area contributed by atoms with Gasteiger partial charge in [-0.1, -0.05) is 13.2 Å². The molecule has 0 aromatic carbocycles. The second kappa shape index (κ2) is 5.32. The van der Waals surface area contributed by atoms with Gasteiger partial charge in [0.1, 0.15) is 0 Å². The second-order valence-corrected chi connectivity index (χ2v) is 4.03. The van der Waals surface area contributed by atoms with Crippen molar-refractivity contribution in [2.75, 3.05) is 0 Å². The van der Waals surface area contributed by atoms with E-state index in [2.05, 4.69) is 13.2 Å². The first-order chi connectivity index (χ1) is 8.37. The lowest BCUT2D eigenvalue weighted by atomic mass is 9.87. The molecule has 0 spiro atoms. The zero-order chi connectivity index (χ0) is 13.8. The Balaban J connectivity index is 2.95. The molecule has 2 unspecified atom stereocenters. The van der Waals surface area contributed by atoms with Crippen molar-refractivity contribution in [2.24, 2.45) is 0 Å². The van der Waals surface area contributed by atoms with Crippen LogP contribution in [0.5, 0.6) is 0 Å². The van der Waals surface area contributed by atoms with Crippen molar-refractivity contribution in [3.63, 3.8) is 0 Å². The monoisotopic (exact) mass is 256 g/mol. The van der Waals surface area contributed by atoms with Gasteiger partial charge in [0.05, 0.1) is 0 Å². The largest absolute Gasteiger partial charge is 0.423 e. The van der Waals surface area contributed by atoms with Gasteiger partial charge in [-0.2, -0.15) is 0 Å². The van der Waals surface area contributed by atoms with E-state index in [-0.39, 0.29) is 12.8 Å². The molecule has 0 radical (unpaired) electrons. The van der Waals surface area contributed by atoms with Gasteiger partial charge >= 0.3 is 11.9 Å². The molecular weight excluding hydrogens is 240 g/mol. The third-order valence-electron chi connectivity index (χ3n) is 2.76. The predicted octanol–water partition coefficient (Wildman–Crippen LogP) is 0.396. The summed E-state index contributed by atoms with van der Waals surface area (Å²) in [5.74, 6) is -6.36. The van der Waals surface area contributed by atoms with E-state index in [4.69, 9.17) is 9.47 Å². The first kappa shape index (κ1) is 14.4. The molecule has 1 fully saturated rings. The number of rotatable bonds is 4. The fraction of sp³-hybridized carbons (Fsp3) is 0.500. The Bertz CT molecular complexity index is 341. The minimum absolute atomic E-state index is 0.0342. The highest BCUT2D eigenvalue weighted by atomic mass is 16.7. The molecule has 100 valence electrons. The summed E-state index contributed by atoms with van der Waals surface area (Å²) in [5.41, 5.74) is 0. The van der Waals surface area contributed by atoms with Crippen LogP contribution < -0.4 is 0 Å². The van der Waals surface area contributed by atoms with Crippen molar-refractivity contribution in [1.29, 1.82) is 0 Å². The molecule has 6 nitrogen and oxygen atoms in total. The number of aliphatic hydroxyl groups is 2. The third-order valence-corrected chi connectivity index (χ3v) is 2.76. The van der Waals surface area contributed by atoms with Crippen molar-refractivity contribution in [2.45, 2.75) is 37.3 Å². The summed E-state index contributed by atoms with van der Waals surface area (Å²) in [6, 6.07) is 0. The van der Waals surface area contributed by atoms with E-state index in [1.54, 1.807) is 0 Å². The molecular formula is C12H16O6. The van der Waals surface area contributed by atoms with Crippen molar-refractivity contribution < 1.29 is 29.3 Å². The fourth-order valence-electron chi connectivity index (χ4n) is 1.80. The number of ether oxygens (including phenoxy) is 2. The minimum Gasteiger partial charge on any atom is -0.423 e. The van der Waals surface area contributed by atoms with Crippen molar-refractivity contribution in [1.82, 2.24) is 0 Å². The van der Waals surface area contributed by atoms with Gasteiger partial charge in [0.25, 0.3) is 11.6 Å². The standard InChI is InChI=1S/C12H16O6/c1-3-9(13)17-11(15)7-5-6-8-12(11,16)18-10(14)4-2/h3-4,15-16H,1-2,5-8H2. The molecule has 0 saturated heterocycles. The smallest absolute Gasteiger partial charge is 0.332 e. The Morgan fingerprint density at radius 3 is 1.56 bits per heavy atom. The van der Waals surface area contributed by atoms with Crippen LogP contribution in [-0.2, 0) is 19.1 Å². The number of hydrogen-bond acceptors (Lipinski definition) is 6.